The first-order valence-corrected chi connectivity index (χ1v) is 14.6. The molecule has 3 aromatic carbocycles. The first-order valence-electron chi connectivity index (χ1n) is 13.0. The third-order valence-corrected chi connectivity index (χ3v) is 8.24. The van der Waals surface area contributed by atoms with Crippen LogP contribution in [0, 0.1) is 0 Å². The molecule has 0 spiro atoms. The number of nitrogens with zero attached hydrogens (tertiary/aromatic N) is 2. The SMILES string of the molecule is CCOC(=O)C1=C(C)N=c2s/c(=C\c3ccc(OCc4ccc(Br)cc4)cc3)c(=O)n2[C@@H]1c1ccc2c(c1)OCO2. The Morgan fingerprint density at radius 3 is 2.61 bits per heavy atom. The summed E-state index contributed by atoms with van der Waals surface area (Å²) in [6.45, 7) is 4.28. The van der Waals surface area contributed by atoms with E-state index in [2.05, 4.69) is 20.9 Å². The first kappa shape index (κ1) is 27.0. The van der Waals surface area contributed by atoms with Crippen molar-refractivity contribution in [3.8, 4) is 17.2 Å². The molecule has 2 aliphatic heterocycles. The Hall–Kier alpha value is -4.15. The average molecular weight is 634 g/mol. The predicted octanol–water partition coefficient (Wildman–Crippen LogP) is 4.87. The summed E-state index contributed by atoms with van der Waals surface area (Å²) < 4.78 is 25.4. The van der Waals surface area contributed by atoms with Gasteiger partial charge in [-0.15, -0.1) is 0 Å². The molecule has 1 aromatic heterocycles. The molecule has 8 nitrogen and oxygen atoms in total. The standard InChI is InChI=1S/C31H25BrN2O6S/c1-3-37-30(36)27-18(2)33-31-34(28(27)21-8-13-24-25(15-21)40-17-39-24)29(35)26(41-31)14-19-6-11-23(12-7-19)38-16-20-4-9-22(32)10-5-20/h4-15,28H,3,16-17H2,1-2H3/b26-14-/t28-/m1/s1. The Labute approximate surface area is 247 Å². The topological polar surface area (TPSA) is 88.4 Å². The third kappa shape index (κ3) is 5.45. The highest BCUT2D eigenvalue weighted by Gasteiger charge is 2.34. The van der Waals surface area contributed by atoms with Crippen LogP contribution >= 0.6 is 27.3 Å². The Morgan fingerprint density at radius 2 is 1.85 bits per heavy atom. The van der Waals surface area contributed by atoms with Gasteiger partial charge in [-0.3, -0.25) is 9.36 Å². The Morgan fingerprint density at radius 1 is 1.10 bits per heavy atom. The van der Waals surface area contributed by atoms with Crippen molar-refractivity contribution < 1.29 is 23.7 Å². The minimum absolute atomic E-state index is 0.120. The van der Waals surface area contributed by atoms with Gasteiger partial charge in [0.2, 0.25) is 6.79 Å². The highest BCUT2D eigenvalue weighted by Crippen LogP contribution is 2.38. The van der Waals surface area contributed by atoms with Crippen molar-refractivity contribution in [2.45, 2.75) is 26.5 Å². The molecule has 0 unspecified atom stereocenters. The van der Waals surface area contributed by atoms with E-state index in [1.165, 1.54) is 11.3 Å². The highest BCUT2D eigenvalue weighted by atomic mass is 79.9. The van der Waals surface area contributed by atoms with Crippen LogP contribution in [0.15, 0.2) is 92.3 Å². The van der Waals surface area contributed by atoms with Gasteiger partial charge in [0.15, 0.2) is 16.3 Å². The van der Waals surface area contributed by atoms with E-state index in [0.717, 1.165) is 21.3 Å². The van der Waals surface area contributed by atoms with E-state index >= 15 is 0 Å². The lowest BCUT2D eigenvalue weighted by Gasteiger charge is -2.24. The summed E-state index contributed by atoms with van der Waals surface area (Å²) in [4.78, 5) is 32.1. The summed E-state index contributed by atoms with van der Waals surface area (Å²) in [5, 5.41) is 0. The van der Waals surface area contributed by atoms with Crippen LogP contribution in [-0.2, 0) is 16.1 Å². The number of hydrogen-bond donors (Lipinski definition) is 0. The second-order valence-corrected chi connectivity index (χ2v) is 11.3. The molecular formula is C31H25BrN2O6S. The highest BCUT2D eigenvalue weighted by molar-refractivity contribution is 9.10. The molecule has 41 heavy (non-hydrogen) atoms. The van der Waals surface area contributed by atoms with E-state index in [0.29, 0.717) is 44.3 Å². The second kappa shape index (κ2) is 11.4. The van der Waals surface area contributed by atoms with Crippen molar-refractivity contribution in [2.24, 2.45) is 4.99 Å². The normalized spacial score (nSPS) is 15.9. The molecule has 208 valence electrons. The molecule has 6 rings (SSSR count). The maximum absolute atomic E-state index is 13.8. The third-order valence-electron chi connectivity index (χ3n) is 6.73. The van der Waals surface area contributed by atoms with Gasteiger partial charge in [-0.2, -0.15) is 0 Å². The maximum Gasteiger partial charge on any atom is 0.338 e. The zero-order chi connectivity index (χ0) is 28.5. The molecule has 0 amide bonds. The summed E-state index contributed by atoms with van der Waals surface area (Å²) in [5.74, 6) is 1.39. The molecule has 2 aliphatic rings. The lowest BCUT2D eigenvalue weighted by atomic mass is 9.95. The number of benzene rings is 3. The van der Waals surface area contributed by atoms with Crippen LogP contribution in [0.5, 0.6) is 17.2 Å². The molecule has 0 aliphatic carbocycles. The number of aromatic nitrogens is 1. The van der Waals surface area contributed by atoms with E-state index in [9.17, 15) is 9.59 Å². The van der Waals surface area contributed by atoms with Crippen molar-refractivity contribution in [1.82, 2.24) is 4.57 Å². The predicted molar refractivity (Wildman–Crippen MR) is 158 cm³/mol. The van der Waals surface area contributed by atoms with E-state index < -0.39 is 12.0 Å². The summed E-state index contributed by atoms with van der Waals surface area (Å²) >= 11 is 4.71. The van der Waals surface area contributed by atoms with Crippen LogP contribution in [0.2, 0.25) is 0 Å². The summed E-state index contributed by atoms with van der Waals surface area (Å²) in [5.41, 5.74) is 3.18. The molecule has 0 bridgehead atoms. The van der Waals surface area contributed by atoms with Gasteiger partial charge in [0.05, 0.1) is 28.5 Å². The fourth-order valence-corrected chi connectivity index (χ4v) is 6.06. The van der Waals surface area contributed by atoms with Crippen molar-refractivity contribution in [3.63, 3.8) is 0 Å². The van der Waals surface area contributed by atoms with Crippen LogP contribution in [0.3, 0.4) is 0 Å². The van der Waals surface area contributed by atoms with Gasteiger partial charge < -0.3 is 18.9 Å². The quantitative estimate of drug-likeness (QED) is 0.270. The number of thiazole rings is 1. The zero-order valence-corrected chi connectivity index (χ0v) is 24.7. The number of carbonyl (C=O) groups is 1. The number of rotatable bonds is 7. The van der Waals surface area contributed by atoms with Crippen molar-refractivity contribution >= 4 is 39.3 Å². The molecule has 1 atom stereocenters. The van der Waals surface area contributed by atoms with Crippen LogP contribution in [-0.4, -0.2) is 23.9 Å². The average Bonchev–Trinajstić information content (AvgIpc) is 3.56. The van der Waals surface area contributed by atoms with Crippen molar-refractivity contribution in [2.75, 3.05) is 13.4 Å². The van der Waals surface area contributed by atoms with Crippen LogP contribution in [0.25, 0.3) is 6.08 Å². The molecule has 10 heteroatoms. The molecule has 0 fully saturated rings. The monoisotopic (exact) mass is 632 g/mol. The molecule has 0 saturated carbocycles. The Bertz CT molecular complexity index is 1840. The van der Waals surface area contributed by atoms with Gasteiger partial charge in [0.1, 0.15) is 12.4 Å². The Kier molecular flexibility index (Phi) is 7.51. The minimum Gasteiger partial charge on any atom is -0.489 e. The number of allylic oxidation sites excluding steroid dienone is 1. The van der Waals surface area contributed by atoms with E-state index in [1.807, 2.05) is 60.7 Å². The van der Waals surface area contributed by atoms with E-state index in [4.69, 9.17) is 18.9 Å². The van der Waals surface area contributed by atoms with Gasteiger partial charge in [0, 0.05) is 4.47 Å². The first-order chi connectivity index (χ1) is 19.9. The summed E-state index contributed by atoms with van der Waals surface area (Å²) in [7, 11) is 0. The van der Waals surface area contributed by atoms with Gasteiger partial charge >= 0.3 is 5.97 Å². The van der Waals surface area contributed by atoms with Gasteiger partial charge in [0.25, 0.3) is 5.56 Å². The van der Waals surface area contributed by atoms with Crippen molar-refractivity contribution in [1.29, 1.82) is 0 Å². The van der Waals surface area contributed by atoms with Crippen LogP contribution in [0.4, 0.5) is 0 Å². The maximum atomic E-state index is 13.8. The number of carbonyl (C=O) groups excluding carboxylic acids is 1. The number of ether oxygens (including phenoxy) is 4. The zero-order valence-electron chi connectivity index (χ0n) is 22.3. The molecule has 0 N–H and O–H groups in total. The lowest BCUT2D eigenvalue weighted by Crippen LogP contribution is -2.39. The Balaban J connectivity index is 1.35. The van der Waals surface area contributed by atoms with Gasteiger partial charge in [-0.1, -0.05) is 57.6 Å². The van der Waals surface area contributed by atoms with E-state index in [1.54, 1.807) is 30.5 Å². The fourth-order valence-electron chi connectivity index (χ4n) is 4.75. The van der Waals surface area contributed by atoms with Crippen molar-refractivity contribution in [3.05, 3.63) is 119 Å². The van der Waals surface area contributed by atoms with Crippen LogP contribution in [0.1, 0.15) is 36.6 Å². The molecule has 4 aromatic rings. The lowest BCUT2D eigenvalue weighted by molar-refractivity contribution is -0.139. The fraction of sp³-hybridized carbons (Fsp3) is 0.194. The smallest absolute Gasteiger partial charge is 0.338 e. The second-order valence-electron chi connectivity index (χ2n) is 9.40. The minimum atomic E-state index is -0.726. The number of fused-ring (bicyclic) bond motifs is 2. The molecule has 0 saturated heterocycles. The summed E-state index contributed by atoms with van der Waals surface area (Å²) in [6.07, 6.45) is 1.82. The number of esters is 1. The van der Waals surface area contributed by atoms with E-state index in [-0.39, 0.29) is 19.0 Å². The van der Waals surface area contributed by atoms with Crippen LogP contribution < -0.4 is 29.1 Å². The molecule has 0 radical (unpaired) electrons. The molecular weight excluding hydrogens is 608 g/mol. The number of halogens is 1. The molecule has 3 heterocycles. The van der Waals surface area contributed by atoms with Gasteiger partial charge in [-0.05, 0) is 73.0 Å². The van der Waals surface area contributed by atoms with Gasteiger partial charge in [-0.25, -0.2) is 9.79 Å². The summed E-state index contributed by atoms with van der Waals surface area (Å²) in [6, 6.07) is 20.2. The number of hydrogen-bond acceptors (Lipinski definition) is 8. The largest absolute Gasteiger partial charge is 0.489 e.